The van der Waals surface area contributed by atoms with Crippen LogP contribution < -0.4 is 0 Å². The largest absolute Gasteiger partial charge is 0.384 e. The molecule has 6 heteroatoms. The number of methoxy groups -OCH3 is 1. The summed E-state index contributed by atoms with van der Waals surface area (Å²) in [5, 5.41) is 8.58. The van der Waals surface area contributed by atoms with Gasteiger partial charge in [-0.05, 0) is 13.8 Å². The lowest BCUT2D eigenvalue weighted by Gasteiger charge is -2.32. The molecule has 0 saturated heterocycles. The van der Waals surface area contributed by atoms with Gasteiger partial charge in [0.15, 0.2) is 0 Å². The predicted molar refractivity (Wildman–Crippen MR) is 77.9 cm³/mol. The van der Waals surface area contributed by atoms with Crippen LogP contribution in [0.5, 0.6) is 0 Å². The Morgan fingerprint density at radius 1 is 1.48 bits per heavy atom. The van der Waals surface area contributed by atoms with Crippen molar-refractivity contribution in [3.8, 4) is 0 Å². The summed E-state index contributed by atoms with van der Waals surface area (Å²) in [6, 6.07) is 2.00. The van der Waals surface area contributed by atoms with Crippen LogP contribution in [0.15, 0.2) is 16.8 Å². The molecule has 0 fully saturated rings. The zero-order chi connectivity index (χ0) is 14.8. The Hall–Kier alpha value is -1.66. The van der Waals surface area contributed by atoms with Gasteiger partial charge in [0.2, 0.25) is 0 Å². The molecule has 0 N–H and O–H groups in total. The molecule has 0 spiro atoms. The summed E-state index contributed by atoms with van der Waals surface area (Å²) in [5.41, 5.74) is 3.60. The maximum Gasteiger partial charge on any atom is 0.133 e. The molecule has 0 radical (unpaired) electrons. The second-order valence-corrected chi connectivity index (χ2v) is 5.62. The first-order chi connectivity index (χ1) is 10.2. The number of rotatable bonds is 5. The van der Waals surface area contributed by atoms with Gasteiger partial charge in [-0.3, -0.25) is 9.58 Å². The Labute approximate surface area is 124 Å². The Kier molecular flexibility index (Phi) is 4.07. The average molecular weight is 290 g/mol. The molecule has 6 nitrogen and oxygen atoms in total. The van der Waals surface area contributed by atoms with Crippen LogP contribution in [-0.2, 0) is 24.4 Å². The van der Waals surface area contributed by atoms with Crippen molar-refractivity contribution in [3.63, 3.8) is 0 Å². The van der Waals surface area contributed by atoms with E-state index in [4.69, 9.17) is 9.26 Å². The number of ether oxygens (including phenoxy) is 1. The van der Waals surface area contributed by atoms with Crippen LogP contribution >= 0.6 is 0 Å². The van der Waals surface area contributed by atoms with Crippen LogP contribution in [0.4, 0.5) is 0 Å². The first kappa shape index (κ1) is 14.3. The van der Waals surface area contributed by atoms with Gasteiger partial charge in [-0.15, -0.1) is 0 Å². The van der Waals surface area contributed by atoms with Crippen LogP contribution in [0, 0.1) is 6.92 Å². The monoisotopic (exact) mass is 290 g/mol. The maximum absolute atomic E-state index is 5.41. The quantitative estimate of drug-likeness (QED) is 0.842. The van der Waals surface area contributed by atoms with E-state index in [1.807, 2.05) is 19.2 Å². The summed E-state index contributed by atoms with van der Waals surface area (Å²) in [5.74, 6) is 1.21. The van der Waals surface area contributed by atoms with Gasteiger partial charge in [0.25, 0.3) is 0 Å². The smallest absolute Gasteiger partial charge is 0.133 e. The maximum atomic E-state index is 5.41. The van der Waals surface area contributed by atoms with Crippen molar-refractivity contribution in [3.05, 3.63) is 35.0 Å². The van der Waals surface area contributed by atoms with Gasteiger partial charge in [0.05, 0.1) is 18.5 Å². The minimum absolute atomic E-state index is 0.356. The Morgan fingerprint density at radius 3 is 3.00 bits per heavy atom. The summed E-state index contributed by atoms with van der Waals surface area (Å²) in [6.45, 7) is 8.32. The third-order valence-corrected chi connectivity index (χ3v) is 3.95. The topological polar surface area (TPSA) is 56.3 Å². The highest BCUT2D eigenvalue weighted by molar-refractivity contribution is 5.25. The van der Waals surface area contributed by atoms with Crippen molar-refractivity contribution in [2.24, 2.45) is 0 Å². The fraction of sp³-hybridized carbons (Fsp3) is 0.600. The Bertz CT molecular complexity index is 605. The predicted octanol–water partition coefficient (Wildman–Crippen LogP) is 1.95. The molecule has 0 aromatic carbocycles. The number of aryl methyl sites for hydroxylation is 2. The summed E-state index contributed by atoms with van der Waals surface area (Å²) in [7, 11) is 1.76. The van der Waals surface area contributed by atoms with Crippen LogP contribution in [-0.4, -0.2) is 40.1 Å². The Morgan fingerprint density at radius 2 is 2.33 bits per heavy atom. The normalized spacial score (nSPS) is 18.9. The molecule has 0 saturated carbocycles. The lowest BCUT2D eigenvalue weighted by Crippen LogP contribution is -2.35. The summed E-state index contributed by atoms with van der Waals surface area (Å²) >= 11 is 0. The zero-order valence-corrected chi connectivity index (χ0v) is 12.9. The molecule has 0 aliphatic carbocycles. The van der Waals surface area contributed by atoms with Gasteiger partial charge < -0.3 is 9.26 Å². The van der Waals surface area contributed by atoms with Gasteiger partial charge in [-0.25, -0.2) is 0 Å². The standard InChI is InChI=1S/C15H22N4O2/c1-4-19-15-12(6-16-19)7-18(8-13(15)10-20-3)9-14-5-11(2)21-17-14/h5-6,13H,4,7-10H2,1-3H3/t13-/m0/s1. The fourth-order valence-corrected chi connectivity index (χ4v) is 3.16. The van der Waals surface area contributed by atoms with Crippen LogP contribution in [0.1, 0.15) is 35.6 Å². The van der Waals surface area contributed by atoms with Gasteiger partial charge in [-0.1, -0.05) is 5.16 Å². The van der Waals surface area contributed by atoms with Crippen molar-refractivity contribution in [1.82, 2.24) is 19.8 Å². The van der Waals surface area contributed by atoms with Gasteiger partial charge >= 0.3 is 0 Å². The molecule has 0 amide bonds. The molecule has 1 atom stereocenters. The summed E-state index contributed by atoms with van der Waals surface area (Å²) < 4.78 is 12.7. The minimum Gasteiger partial charge on any atom is -0.384 e. The fourth-order valence-electron chi connectivity index (χ4n) is 3.16. The third-order valence-electron chi connectivity index (χ3n) is 3.95. The molecule has 0 unspecified atom stereocenters. The van der Waals surface area contributed by atoms with E-state index in [2.05, 4.69) is 26.8 Å². The molecule has 3 heterocycles. The van der Waals surface area contributed by atoms with Crippen LogP contribution in [0.3, 0.4) is 0 Å². The molecule has 2 aromatic heterocycles. The highest BCUT2D eigenvalue weighted by Gasteiger charge is 2.29. The second kappa shape index (κ2) is 5.99. The van der Waals surface area contributed by atoms with E-state index in [0.717, 1.165) is 37.6 Å². The van der Waals surface area contributed by atoms with Crippen molar-refractivity contribution >= 4 is 0 Å². The van der Waals surface area contributed by atoms with E-state index in [1.165, 1.54) is 11.3 Å². The number of fused-ring (bicyclic) bond motifs is 1. The summed E-state index contributed by atoms with van der Waals surface area (Å²) in [6.07, 6.45) is 1.99. The van der Waals surface area contributed by atoms with Crippen LogP contribution in [0.25, 0.3) is 0 Å². The van der Waals surface area contributed by atoms with Gasteiger partial charge in [0.1, 0.15) is 5.76 Å². The van der Waals surface area contributed by atoms with Crippen molar-refractivity contribution in [2.45, 2.75) is 39.4 Å². The molecule has 0 bridgehead atoms. The molecule has 3 rings (SSSR count). The first-order valence-corrected chi connectivity index (χ1v) is 7.39. The third kappa shape index (κ3) is 2.87. The van der Waals surface area contributed by atoms with Gasteiger partial charge in [0, 0.05) is 56.5 Å². The van der Waals surface area contributed by atoms with Crippen LogP contribution in [0.2, 0.25) is 0 Å². The van der Waals surface area contributed by atoms with E-state index < -0.39 is 0 Å². The molecular weight excluding hydrogens is 268 g/mol. The second-order valence-electron chi connectivity index (χ2n) is 5.62. The number of hydrogen-bond acceptors (Lipinski definition) is 5. The lowest BCUT2D eigenvalue weighted by atomic mass is 9.96. The van der Waals surface area contributed by atoms with Crippen molar-refractivity contribution in [2.75, 3.05) is 20.3 Å². The molecular formula is C15H22N4O2. The van der Waals surface area contributed by atoms with Gasteiger partial charge in [-0.2, -0.15) is 5.10 Å². The molecule has 1 aliphatic rings. The minimum atomic E-state index is 0.356. The number of aromatic nitrogens is 3. The van der Waals surface area contributed by atoms with E-state index >= 15 is 0 Å². The van der Waals surface area contributed by atoms with E-state index in [1.54, 1.807) is 7.11 Å². The molecule has 21 heavy (non-hydrogen) atoms. The van der Waals surface area contributed by atoms with Crippen molar-refractivity contribution < 1.29 is 9.26 Å². The highest BCUT2D eigenvalue weighted by Crippen LogP contribution is 2.29. The molecule has 2 aromatic rings. The number of hydrogen-bond donors (Lipinski definition) is 0. The van der Waals surface area contributed by atoms with E-state index in [-0.39, 0.29) is 0 Å². The first-order valence-electron chi connectivity index (χ1n) is 7.39. The van der Waals surface area contributed by atoms with E-state index in [0.29, 0.717) is 12.5 Å². The molecule has 1 aliphatic heterocycles. The number of nitrogens with zero attached hydrogens (tertiary/aromatic N) is 4. The summed E-state index contributed by atoms with van der Waals surface area (Å²) in [4.78, 5) is 2.38. The van der Waals surface area contributed by atoms with Crippen molar-refractivity contribution in [1.29, 1.82) is 0 Å². The highest BCUT2D eigenvalue weighted by atomic mass is 16.5. The Balaban J connectivity index is 1.80. The SMILES string of the molecule is CCn1ncc2c1[C@H](COC)CN(Cc1cc(C)on1)C2. The average Bonchev–Trinajstić information content (AvgIpc) is 3.05. The zero-order valence-electron chi connectivity index (χ0n) is 12.9. The lowest BCUT2D eigenvalue weighted by molar-refractivity contribution is 0.131. The molecule has 114 valence electrons. The van der Waals surface area contributed by atoms with E-state index in [9.17, 15) is 0 Å².